The normalized spacial score (nSPS) is 15.1. The fourth-order valence-electron chi connectivity index (χ4n) is 2.34. The van der Waals surface area contributed by atoms with E-state index in [1.807, 2.05) is 12.1 Å². The van der Waals surface area contributed by atoms with Crippen molar-refractivity contribution in [3.8, 4) is 5.75 Å². The van der Waals surface area contributed by atoms with Crippen molar-refractivity contribution in [1.29, 1.82) is 0 Å². The highest BCUT2D eigenvalue weighted by atomic mass is 16.5. The summed E-state index contributed by atoms with van der Waals surface area (Å²) in [7, 11) is 0. The van der Waals surface area contributed by atoms with Crippen molar-refractivity contribution in [2.75, 3.05) is 38.6 Å². The highest BCUT2D eigenvalue weighted by molar-refractivity contribution is 5.94. The first-order valence-electron chi connectivity index (χ1n) is 6.87. The fourth-order valence-corrected chi connectivity index (χ4v) is 2.34. The van der Waals surface area contributed by atoms with Crippen LogP contribution in [-0.2, 0) is 9.53 Å². The summed E-state index contributed by atoms with van der Waals surface area (Å²) >= 11 is 0. The Morgan fingerprint density at radius 1 is 1.33 bits per heavy atom. The van der Waals surface area contributed by atoms with Gasteiger partial charge in [-0.3, -0.25) is 9.78 Å². The molecule has 0 bridgehead atoms. The molecule has 110 valence electrons. The van der Waals surface area contributed by atoms with E-state index in [4.69, 9.17) is 15.2 Å². The van der Waals surface area contributed by atoms with Crippen LogP contribution in [0.2, 0.25) is 0 Å². The number of aromatic nitrogens is 1. The molecule has 6 heteroatoms. The van der Waals surface area contributed by atoms with E-state index < -0.39 is 0 Å². The van der Waals surface area contributed by atoms with Crippen molar-refractivity contribution >= 4 is 22.5 Å². The summed E-state index contributed by atoms with van der Waals surface area (Å²) in [6.07, 6.45) is 1.68. The molecule has 3 rings (SSSR count). The van der Waals surface area contributed by atoms with Crippen LogP contribution in [-0.4, -0.2) is 48.7 Å². The minimum absolute atomic E-state index is 0.00785. The third kappa shape index (κ3) is 2.90. The first-order valence-corrected chi connectivity index (χ1v) is 6.87. The Hall–Kier alpha value is -2.34. The number of hydrogen-bond acceptors (Lipinski definition) is 5. The van der Waals surface area contributed by atoms with Crippen molar-refractivity contribution in [2.24, 2.45) is 0 Å². The molecular weight excluding hydrogens is 270 g/mol. The number of carbonyl (C=O) groups excluding carboxylic acids is 1. The minimum atomic E-state index is -0.0350. The molecule has 1 fully saturated rings. The molecule has 1 amide bonds. The van der Waals surface area contributed by atoms with Gasteiger partial charge in [0.15, 0.2) is 6.61 Å². The third-order valence-electron chi connectivity index (χ3n) is 3.48. The van der Waals surface area contributed by atoms with Crippen LogP contribution in [0.3, 0.4) is 0 Å². The molecule has 0 unspecified atom stereocenters. The number of ether oxygens (including phenoxy) is 2. The number of fused-ring (bicyclic) bond motifs is 1. The van der Waals surface area contributed by atoms with Gasteiger partial charge in [0.2, 0.25) is 0 Å². The van der Waals surface area contributed by atoms with Crippen LogP contribution in [0, 0.1) is 0 Å². The Morgan fingerprint density at radius 3 is 2.95 bits per heavy atom. The van der Waals surface area contributed by atoms with Crippen molar-refractivity contribution in [1.82, 2.24) is 9.88 Å². The molecule has 21 heavy (non-hydrogen) atoms. The Balaban J connectivity index is 1.73. The zero-order chi connectivity index (χ0) is 14.7. The van der Waals surface area contributed by atoms with Crippen molar-refractivity contribution in [3.05, 3.63) is 30.5 Å². The molecular formula is C15H17N3O3. The number of anilines is 1. The first-order chi connectivity index (χ1) is 10.3. The Bertz CT molecular complexity index is 654. The maximum Gasteiger partial charge on any atom is 0.260 e. The van der Waals surface area contributed by atoms with Crippen molar-refractivity contribution < 1.29 is 14.3 Å². The van der Waals surface area contributed by atoms with Gasteiger partial charge in [-0.25, -0.2) is 0 Å². The second-order valence-electron chi connectivity index (χ2n) is 4.83. The number of amides is 1. The molecule has 1 aromatic heterocycles. The van der Waals surface area contributed by atoms with Gasteiger partial charge in [0, 0.05) is 24.7 Å². The van der Waals surface area contributed by atoms with E-state index in [2.05, 4.69) is 4.98 Å². The SMILES string of the molecule is Nc1ccc(OCC(=O)N2CCOCC2)c2cccnc12. The molecule has 0 radical (unpaired) electrons. The molecule has 2 N–H and O–H groups in total. The van der Waals surface area contributed by atoms with Gasteiger partial charge in [-0.2, -0.15) is 0 Å². The Kier molecular flexibility index (Phi) is 3.87. The molecule has 0 spiro atoms. The maximum absolute atomic E-state index is 12.1. The molecule has 1 saturated heterocycles. The van der Waals surface area contributed by atoms with Gasteiger partial charge < -0.3 is 20.1 Å². The standard InChI is InChI=1S/C15H17N3O3/c16-12-3-4-13(11-2-1-5-17-15(11)12)21-10-14(19)18-6-8-20-9-7-18/h1-5H,6-10,16H2. The van der Waals surface area contributed by atoms with Gasteiger partial charge in [0.1, 0.15) is 5.75 Å². The quantitative estimate of drug-likeness (QED) is 0.854. The van der Waals surface area contributed by atoms with E-state index in [1.165, 1.54) is 0 Å². The molecule has 2 heterocycles. The van der Waals surface area contributed by atoms with Crippen molar-refractivity contribution in [2.45, 2.75) is 0 Å². The van der Waals surface area contributed by atoms with Crippen molar-refractivity contribution in [3.63, 3.8) is 0 Å². The molecule has 1 aliphatic rings. The van der Waals surface area contributed by atoms with Crippen LogP contribution in [0.1, 0.15) is 0 Å². The number of nitrogens with two attached hydrogens (primary N) is 1. The summed E-state index contributed by atoms with van der Waals surface area (Å²) in [5.74, 6) is 0.584. The number of pyridine rings is 1. The summed E-state index contributed by atoms with van der Waals surface area (Å²) in [6, 6.07) is 7.21. The number of nitrogens with zero attached hydrogens (tertiary/aromatic N) is 2. The number of hydrogen-bond donors (Lipinski definition) is 1. The zero-order valence-corrected chi connectivity index (χ0v) is 11.6. The highest BCUT2D eigenvalue weighted by Gasteiger charge is 2.17. The Morgan fingerprint density at radius 2 is 2.14 bits per heavy atom. The first kappa shape index (κ1) is 13.6. The molecule has 6 nitrogen and oxygen atoms in total. The molecule has 1 aromatic carbocycles. The van der Waals surface area contributed by atoms with Crippen LogP contribution in [0.15, 0.2) is 30.5 Å². The average molecular weight is 287 g/mol. The van der Waals surface area contributed by atoms with Gasteiger partial charge in [0.05, 0.1) is 24.4 Å². The lowest BCUT2D eigenvalue weighted by molar-refractivity contribution is -0.137. The van der Waals surface area contributed by atoms with E-state index in [9.17, 15) is 4.79 Å². The molecule has 1 aliphatic heterocycles. The monoisotopic (exact) mass is 287 g/mol. The van der Waals surface area contributed by atoms with E-state index in [1.54, 1.807) is 23.2 Å². The molecule has 0 atom stereocenters. The largest absolute Gasteiger partial charge is 0.483 e. The molecule has 0 aliphatic carbocycles. The lowest BCUT2D eigenvalue weighted by atomic mass is 10.2. The van der Waals surface area contributed by atoms with E-state index >= 15 is 0 Å². The zero-order valence-electron chi connectivity index (χ0n) is 11.6. The van der Waals surface area contributed by atoms with Gasteiger partial charge in [-0.15, -0.1) is 0 Å². The number of carbonyl (C=O) groups is 1. The maximum atomic E-state index is 12.1. The summed E-state index contributed by atoms with van der Waals surface area (Å²) < 4.78 is 10.9. The lowest BCUT2D eigenvalue weighted by Crippen LogP contribution is -2.42. The van der Waals surface area contributed by atoms with Gasteiger partial charge in [-0.05, 0) is 24.3 Å². The number of nitrogen functional groups attached to an aromatic ring is 1. The van der Waals surface area contributed by atoms with E-state index in [0.29, 0.717) is 43.3 Å². The highest BCUT2D eigenvalue weighted by Crippen LogP contribution is 2.28. The third-order valence-corrected chi connectivity index (χ3v) is 3.48. The summed E-state index contributed by atoms with van der Waals surface area (Å²) in [6.45, 7) is 2.41. The number of benzene rings is 1. The predicted molar refractivity (Wildman–Crippen MR) is 79.0 cm³/mol. The van der Waals surface area contributed by atoms with E-state index in [0.717, 1.165) is 5.39 Å². The van der Waals surface area contributed by atoms with Gasteiger partial charge in [-0.1, -0.05) is 0 Å². The smallest absolute Gasteiger partial charge is 0.260 e. The molecule has 2 aromatic rings. The summed E-state index contributed by atoms with van der Waals surface area (Å²) in [5.41, 5.74) is 7.17. The van der Waals surface area contributed by atoms with Gasteiger partial charge >= 0.3 is 0 Å². The topological polar surface area (TPSA) is 77.7 Å². The average Bonchev–Trinajstić information content (AvgIpc) is 2.55. The number of rotatable bonds is 3. The number of morpholine rings is 1. The fraction of sp³-hybridized carbons (Fsp3) is 0.333. The minimum Gasteiger partial charge on any atom is -0.483 e. The van der Waals surface area contributed by atoms with Crippen LogP contribution in [0.5, 0.6) is 5.75 Å². The van der Waals surface area contributed by atoms with Crippen LogP contribution < -0.4 is 10.5 Å². The second kappa shape index (κ2) is 5.97. The lowest BCUT2D eigenvalue weighted by Gasteiger charge is -2.26. The second-order valence-corrected chi connectivity index (χ2v) is 4.83. The van der Waals surface area contributed by atoms with E-state index in [-0.39, 0.29) is 12.5 Å². The Labute approximate surface area is 122 Å². The van der Waals surface area contributed by atoms with Crippen LogP contribution >= 0.6 is 0 Å². The van der Waals surface area contributed by atoms with Crippen LogP contribution in [0.4, 0.5) is 5.69 Å². The predicted octanol–water partition coefficient (Wildman–Crippen LogP) is 1.05. The van der Waals surface area contributed by atoms with Gasteiger partial charge in [0.25, 0.3) is 5.91 Å². The molecule has 0 saturated carbocycles. The summed E-state index contributed by atoms with van der Waals surface area (Å²) in [5, 5.41) is 0.812. The van der Waals surface area contributed by atoms with Crippen LogP contribution in [0.25, 0.3) is 10.9 Å². The summed E-state index contributed by atoms with van der Waals surface area (Å²) in [4.78, 5) is 18.1.